The molecule has 0 saturated heterocycles. The van der Waals surface area contributed by atoms with E-state index in [0.29, 0.717) is 17.8 Å². The lowest BCUT2D eigenvalue weighted by molar-refractivity contribution is 0.0983. The Morgan fingerprint density at radius 1 is 1.91 bits per heavy atom. The van der Waals surface area contributed by atoms with Crippen molar-refractivity contribution >= 4 is 11.5 Å². The fraction of sp³-hybridized carbons (Fsp3) is 0.250. The summed E-state index contributed by atoms with van der Waals surface area (Å²) in [5, 5.41) is 0. The van der Waals surface area contributed by atoms with Gasteiger partial charge >= 0.3 is 0 Å². The van der Waals surface area contributed by atoms with Gasteiger partial charge in [0.2, 0.25) is 0 Å². The van der Waals surface area contributed by atoms with E-state index in [9.17, 15) is 4.79 Å². The maximum Gasteiger partial charge on any atom is 0.180 e. The summed E-state index contributed by atoms with van der Waals surface area (Å²) < 4.78 is 6.85. The van der Waals surface area contributed by atoms with E-state index in [0.717, 1.165) is 0 Å². The number of nitrogens with zero attached hydrogens (tertiary/aromatic N) is 1. The molecule has 0 spiro atoms. The molecule has 0 aromatic carbocycles. The predicted octanol–water partition coefficient (Wildman–Crippen LogP) is 1.26. The first-order valence-corrected chi connectivity index (χ1v) is 3.45. The van der Waals surface area contributed by atoms with Gasteiger partial charge in [-0.1, -0.05) is 6.92 Å². The van der Waals surface area contributed by atoms with Gasteiger partial charge in [0.25, 0.3) is 0 Å². The zero-order chi connectivity index (χ0) is 8.97. The van der Waals surface area contributed by atoms with E-state index >= 15 is 0 Å². The Bertz CT molecular complexity index is 288. The molecule has 0 unspecified atom stereocenters. The fourth-order valence-corrected chi connectivity index (χ4v) is 0.764. The van der Waals surface area contributed by atoms with Crippen LogP contribution in [0.15, 0.2) is 18.3 Å². The molecule has 0 bridgehead atoms. The number of hydrogen-bond acceptors (Lipinski definition) is 3. The van der Waals surface area contributed by atoms with Crippen molar-refractivity contribution in [2.45, 2.75) is 13.3 Å². The molecule has 3 heteroatoms. The molecule has 0 radical (unpaired) electrons. The quantitative estimate of drug-likeness (QED) is 0.663. The molecular formula is C8H10N2O. The molecule has 0 aliphatic carbocycles. The van der Waals surface area contributed by atoms with Crippen molar-refractivity contribution in [3.05, 3.63) is 24.0 Å². The number of ketones is 1. The molecule has 0 fully saturated rings. The summed E-state index contributed by atoms with van der Waals surface area (Å²) >= 11 is 0. The van der Waals surface area contributed by atoms with E-state index in [4.69, 9.17) is 1.41 Å². The highest BCUT2D eigenvalue weighted by Crippen LogP contribution is 2.04. The average Bonchev–Trinajstić information content (AvgIpc) is 2.17. The number of Topliss-reactive ketones (excluding diaryl/α,β-unsaturated/α-hetero) is 1. The molecule has 1 aromatic heterocycles. The van der Waals surface area contributed by atoms with Crippen LogP contribution in [0.1, 0.15) is 23.8 Å². The van der Waals surface area contributed by atoms with Crippen LogP contribution in [0.3, 0.4) is 0 Å². The van der Waals surface area contributed by atoms with E-state index in [1.165, 1.54) is 6.20 Å². The van der Waals surface area contributed by atoms with Crippen molar-refractivity contribution in [3.8, 4) is 0 Å². The second kappa shape index (κ2) is 3.14. The highest BCUT2D eigenvalue weighted by molar-refractivity contribution is 5.94. The minimum absolute atomic E-state index is 0.00731. The zero-order valence-electron chi connectivity index (χ0n) is 7.29. The number of carbonyl (C=O) groups excluding carboxylic acids is 1. The second-order valence-corrected chi connectivity index (χ2v) is 2.21. The van der Waals surface area contributed by atoms with Gasteiger partial charge in [0.1, 0.15) is 5.69 Å². The Balaban J connectivity index is 2.93. The van der Waals surface area contributed by atoms with Crippen LogP contribution < -0.4 is 5.73 Å². The van der Waals surface area contributed by atoms with E-state index in [1.807, 2.05) is 0 Å². The molecule has 2 N–H and O–H groups in total. The third kappa shape index (κ3) is 1.77. The number of pyridine rings is 1. The van der Waals surface area contributed by atoms with Crippen molar-refractivity contribution in [1.29, 1.82) is 0 Å². The Labute approximate surface area is 66.7 Å². The van der Waals surface area contributed by atoms with Gasteiger partial charge in [0.05, 0.1) is 0 Å². The van der Waals surface area contributed by atoms with E-state index in [-0.39, 0.29) is 5.78 Å². The largest absolute Gasteiger partial charge is 0.399 e. The third-order valence-electron chi connectivity index (χ3n) is 1.37. The van der Waals surface area contributed by atoms with Gasteiger partial charge in [-0.15, -0.1) is 0 Å². The number of nitrogens with two attached hydrogens (primary N) is 1. The van der Waals surface area contributed by atoms with E-state index in [2.05, 4.69) is 10.7 Å². The first-order valence-electron chi connectivity index (χ1n) is 3.95. The SMILES string of the molecule is [3H]Nc1ccnc(C(=O)CC)c1. The molecule has 1 heterocycles. The van der Waals surface area contributed by atoms with Crippen molar-refractivity contribution in [3.63, 3.8) is 0 Å². The maximum atomic E-state index is 11.1. The molecule has 11 heavy (non-hydrogen) atoms. The van der Waals surface area contributed by atoms with Crippen molar-refractivity contribution < 1.29 is 6.21 Å². The molecule has 3 nitrogen and oxygen atoms in total. The standard InChI is InChI=1S/C8H10N2O/c1-2-8(11)7-5-6(9)3-4-10-7/h3-5H,2H2,1H3,(H2,9,10)/i/hT. The second-order valence-electron chi connectivity index (χ2n) is 2.21. The number of hydrogen-bond donors (Lipinski definition) is 1. The molecule has 0 atom stereocenters. The number of carbonyl (C=O) groups is 1. The summed E-state index contributed by atoms with van der Waals surface area (Å²) in [5.41, 5.74) is 3.20. The van der Waals surface area contributed by atoms with Gasteiger partial charge in [-0.2, -0.15) is 0 Å². The van der Waals surface area contributed by atoms with Gasteiger partial charge in [-0.25, -0.2) is 0 Å². The lowest BCUT2D eigenvalue weighted by Crippen LogP contribution is -2.00. The number of anilines is 1. The summed E-state index contributed by atoms with van der Waals surface area (Å²) in [6, 6.07) is 3.21. The highest BCUT2D eigenvalue weighted by Gasteiger charge is 2.02. The van der Waals surface area contributed by atoms with Gasteiger partial charge in [0.15, 0.2) is 7.20 Å². The molecule has 0 saturated carbocycles. The van der Waals surface area contributed by atoms with Gasteiger partial charge in [-0.3, -0.25) is 9.78 Å². The van der Waals surface area contributed by atoms with Crippen LogP contribution in [0.2, 0.25) is 1.41 Å². The van der Waals surface area contributed by atoms with Crippen molar-refractivity contribution in [2.24, 2.45) is 0 Å². The summed E-state index contributed by atoms with van der Waals surface area (Å²) in [5.74, 6) is -0.00731. The monoisotopic (exact) mass is 152 g/mol. The van der Waals surface area contributed by atoms with Crippen LogP contribution in [0.5, 0.6) is 0 Å². The molecule has 58 valence electrons. The van der Waals surface area contributed by atoms with Crippen LogP contribution >= 0.6 is 0 Å². The van der Waals surface area contributed by atoms with Crippen LogP contribution in [0.25, 0.3) is 0 Å². The normalized spacial score (nSPS) is 10.5. The topological polar surface area (TPSA) is 56.0 Å². The average molecular weight is 152 g/mol. The van der Waals surface area contributed by atoms with Gasteiger partial charge in [0, 0.05) is 18.3 Å². The van der Waals surface area contributed by atoms with E-state index in [1.54, 1.807) is 19.1 Å². The summed E-state index contributed by atoms with van der Waals surface area (Å²) in [4.78, 5) is 15.0. The van der Waals surface area contributed by atoms with Crippen LogP contribution in [-0.2, 0) is 0 Å². The summed E-state index contributed by atoms with van der Waals surface area (Å²) in [7, 11) is 0. The third-order valence-corrected chi connectivity index (χ3v) is 1.37. The minimum Gasteiger partial charge on any atom is -0.399 e. The minimum atomic E-state index is -0.00731. The van der Waals surface area contributed by atoms with Crippen molar-refractivity contribution in [1.82, 2.24) is 4.98 Å². The number of nitrogen functional groups attached to an aromatic ring is 1. The van der Waals surface area contributed by atoms with Crippen LogP contribution in [-0.4, -0.2) is 10.8 Å². The number of aromatic nitrogens is 1. The Morgan fingerprint density at radius 2 is 2.73 bits per heavy atom. The lowest BCUT2D eigenvalue weighted by atomic mass is 10.2. The van der Waals surface area contributed by atoms with Gasteiger partial charge < -0.3 is 5.73 Å². The Kier molecular flexibility index (Phi) is 1.81. The van der Waals surface area contributed by atoms with Crippen LogP contribution in [0, 0.1) is 0 Å². The molecule has 1 rings (SSSR count). The maximum absolute atomic E-state index is 11.1. The lowest BCUT2D eigenvalue weighted by Gasteiger charge is -1.96. The zero-order valence-corrected chi connectivity index (χ0v) is 6.29. The van der Waals surface area contributed by atoms with E-state index < -0.39 is 0 Å². The number of rotatable bonds is 3. The van der Waals surface area contributed by atoms with Crippen molar-refractivity contribution in [2.75, 3.05) is 5.73 Å². The molecule has 0 aliphatic heterocycles. The summed E-state index contributed by atoms with van der Waals surface area (Å²) in [6.07, 6.45) is 1.95. The molecule has 0 aliphatic rings. The highest BCUT2D eigenvalue weighted by atomic mass is 16.1. The molecule has 1 aromatic rings. The first kappa shape index (κ1) is 6.34. The molecular weight excluding hydrogens is 140 g/mol. The first-order chi connectivity index (χ1) is 5.77. The Morgan fingerprint density at radius 3 is 3.36 bits per heavy atom. The fourth-order valence-electron chi connectivity index (χ4n) is 0.764. The smallest absolute Gasteiger partial charge is 0.180 e. The van der Waals surface area contributed by atoms with Gasteiger partial charge in [-0.05, 0) is 12.1 Å². The molecule has 0 amide bonds. The summed E-state index contributed by atoms with van der Waals surface area (Å²) in [6.45, 7) is 1.78. The Hall–Kier alpha value is -1.38. The predicted molar refractivity (Wildman–Crippen MR) is 43.3 cm³/mol. The van der Waals surface area contributed by atoms with Crippen LogP contribution in [0.4, 0.5) is 5.69 Å².